The number of rotatable bonds is 5. The first kappa shape index (κ1) is 17.7. The van der Waals surface area contributed by atoms with Crippen molar-refractivity contribution < 1.29 is 24.2 Å². The average molecular weight is 348 g/mol. The number of amides is 2. The van der Waals surface area contributed by atoms with Crippen molar-refractivity contribution in [3.8, 4) is 5.75 Å². The molecule has 0 bridgehead atoms. The van der Waals surface area contributed by atoms with Gasteiger partial charge >= 0.3 is 0 Å². The number of piperidine rings is 1. The number of nitrogens with zero attached hydrogens (tertiary/aromatic N) is 1. The number of carbonyl (C=O) groups is 2. The van der Waals surface area contributed by atoms with Crippen LogP contribution in [0, 0.1) is 5.41 Å². The smallest absolute Gasteiger partial charge is 0.262 e. The largest absolute Gasteiger partial charge is 0.482 e. The molecule has 2 heterocycles. The molecule has 7 nitrogen and oxygen atoms in total. The lowest BCUT2D eigenvalue weighted by Gasteiger charge is -2.42. The van der Waals surface area contributed by atoms with Gasteiger partial charge in [0.25, 0.3) is 11.8 Å². The van der Waals surface area contributed by atoms with Crippen LogP contribution in [0.2, 0.25) is 0 Å². The predicted molar refractivity (Wildman–Crippen MR) is 91.7 cm³/mol. The molecule has 0 aromatic heterocycles. The fraction of sp³-hybridized carbons (Fsp3) is 0.556. The number of aliphatic hydroxyl groups excluding tert-OH is 1. The number of ether oxygens (including phenoxy) is 2. The first-order valence-corrected chi connectivity index (χ1v) is 8.53. The first-order chi connectivity index (χ1) is 12.1. The number of likely N-dealkylation sites (tertiary alicyclic amines) is 1. The van der Waals surface area contributed by atoms with Crippen molar-refractivity contribution in [2.75, 3.05) is 45.3 Å². The topological polar surface area (TPSA) is 88.1 Å². The highest BCUT2D eigenvalue weighted by atomic mass is 16.5. The molecular weight excluding hydrogens is 324 g/mol. The zero-order chi connectivity index (χ0) is 17.9. The molecule has 1 atom stereocenters. The third-order valence-electron chi connectivity index (χ3n) is 4.98. The molecule has 3 rings (SSSR count). The minimum Gasteiger partial charge on any atom is -0.482 e. The minimum atomic E-state index is -0.303. The van der Waals surface area contributed by atoms with E-state index in [-0.39, 0.29) is 30.4 Å². The van der Waals surface area contributed by atoms with Crippen LogP contribution in [0.5, 0.6) is 5.75 Å². The molecule has 0 radical (unpaired) electrons. The monoisotopic (exact) mass is 348 g/mol. The standard InChI is InChI=1S/C18H24N2O5/c1-24-8-6-18(12-21)5-2-7-20(11-18)17(23)13-3-4-14-15(9-13)25-10-16(22)19-14/h3-4,9,21H,2,5-8,10-12H2,1H3,(H,19,22)/t18-/m1/s1. The van der Waals surface area contributed by atoms with Crippen molar-refractivity contribution in [3.63, 3.8) is 0 Å². The molecule has 0 spiro atoms. The van der Waals surface area contributed by atoms with Gasteiger partial charge in [-0.1, -0.05) is 0 Å². The third-order valence-corrected chi connectivity index (χ3v) is 4.98. The summed E-state index contributed by atoms with van der Waals surface area (Å²) >= 11 is 0. The van der Waals surface area contributed by atoms with E-state index in [1.54, 1.807) is 30.2 Å². The molecule has 1 saturated heterocycles. The van der Waals surface area contributed by atoms with E-state index >= 15 is 0 Å². The van der Waals surface area contributed by atoms with Crippen LogP contribution in [-0.2, 0) is 9.53 Å². The summed E-state index contributed by atoms with van der Waals surface area (Å²) in [7, 11) is 1.64. The Labute approximate surface area is 146 Å². The Hall–Kier alpha value is -2.12. The second kappa shape index (κ2) is 7.41. The van der Waals surface area contributed by atoms with E-state index in [9.17, 15) is 14.7 Å². The SMILES string of the molecule is COCC[C@]1(CO)CCCN(C(=O)c2ccc3c(c2)OCC(=O)N3)C1. The second-order valence-electron chi connectivity index (χ2n) is 6.78. The molecule has 1 aromatic carbocycles. The van der Waals surface area contributed by atoms with Crippen LogP contribution in [-0.4, -0.2) is 61.8 Å². The molecule has 1 aromatic rings. The second-order valence-corrected chi connectivity index (χ2v) is 6.78. The zero-order valence-corrected chi connectivity index (χ0v) is 14.4. The number of methoxy groups -OCH3 is 1. The Bertz CT molecular complexity index is 663. The summed E-state index contributed by atoms with van der Waals surface area (Å²) in [5.41, 5.74) is 0.800. The van der Waals surface area contributed by atoms with E-state index in [2.05, 4.69) is 5.32 Å². The molecule has 136 valence electrons. The van der Waals surface area contributed by atoms with Crippen molar-refractivity contribution >= 4 is 17.5 Å². The maximum absolute atomic E-state index is 12.9. The van der Waals surface area contributed by atoms with Crippen LogP contribution in [0.15, 0.2) is 18.2 Å². The van der Waals surface area contributed by atoms with Crippen LogP contribution in [0.4, 0.5) is 5.69 Å². The van der Waals surface area contributed by atoms with E-state index < -0.39 is 0 Å². The van der Waals surface area contributed by atoms with Crippen molar-refractivity contribution in [1.82, 2.24) is 4.90 Å². The molecular formula is C18H24N2O5. The van der Waals surface area contributed by atoms with E-state index in [0.29, 0.717) is 36.7 Å². The Morgan fingerprint density at radius 3 is 3.08 bits per heavy atom. The summed E-state index contributed by atoms with van der Waals surface area (Å²) in [5.74, 6) is 0.224. The van der Waals surface area contributed by atoms with E-state index in [1.165, 1.54) is 0 Å². The van der Waals surface area contributed by atoms with Gasteiger partial charge in [0.15, 0.2) is 6.61 Å². The van der Waals surface area contributed by atoms with Gasteiger partial charge in [0.05, 0.1) is 12.3 Å². The van der Waals surface area contributed by atoms with Crippen molar-refractivity contribution in [2.24, 2.45) is 5.41 Å². The number of aliphatic hydroxyl groups is 1. The van der Waals surface area contributed by atoms with E-state index in [1.807, 2.05) is 0 Å². The lowest BCUT2D eigenvalue weighted by molar-refractivity contribution is -0.118. The van der Waals surface area contributed by atoms with Gasteiger partial charge in [-0.15, -0.1) is 0 Å². The molecule has 1 fully saturated rings. The van der Waals surface area contributed by atoms with Crippen molar-refractivity contribution in [2.45, 2.75) is 19.3 Å². The predicted octanol–water partition coefficient (Wildman–Crippen LogP) is 1.27. The Morgan fingerprint density at radius 1 is 1.48 bits per heavy atom. The van der Waals surface area contributed by atoms with Crippen molar-refractivity contribution in [1.29, 1.82) is 0 Å². The third kappa shape index (κ3) is 3.77. The van der Waals surface area contributed by atoms with Gasteiger partial charge in [0.2, 0.25) is 0 Å². The number of carbonyl (C=O) groups excluding carboxylic acids is 2. The summed E-state index contributed by atoms with van der Waals surface area (Å²) in [6, 6.07) is 5.05. The number of nitrogens with one attached hydrogen (secondary N) is 1. The van der Waals surface area contributed by atoms with Gasteiger partial charge in [-0.25, -0.2) is 0 Å². The summed E-state index contributed by atoms with van der Waals surface area (Å²) in [4.78, 5) is 26.0. The molecule has 0 aliphatic carbocycles. The molecule has 2 amide bonds. The fourth-order valence-electron chi connectivity index (χ4n) is 3.50. The van der Waals surface area contributed by atoms with Crippen LogP contribution in [0.25, 0.3) is 0 Å². The Kier molecular flexibility index (Phi) is 5.24. The number of hydrogen-bond acceptors (Lipinski definition) is 5. The lowest BCUT2D eigenvalue weighted by Crippen LogP contribution is -2.48. The molecule has 0 unspecified atom stereocenters. The summed E-state index contributed by atoms with van der Waals surface area (Å²) in [6.07, 6.45) is 2.46. The van der Waals surface area contributed by atoms with Gasteiger partial charge in [0.1, 0.15) is 5.75 Å². The molecule has 7 heteroatoms. The highest BCUT2D eigenvalue weighted by Crippen LogP contribution is 2.35. The zero-order valence-electron chi connectivity index (χ0n) is 14.4. The number of anilines is 1. The Balaban J connectivity index is 1.75. The van der Waals surface area contributed by atoms with Gasteiger partial charge in [-0.3, -0.25) is 9.59 Å². The number of benzene rings is 1. The van der Waals surface area contributed by atoms with Crippen LogP contribution in [0.1, 0.15) is 29.6 Å². The Morgan fingerprint density at radius 2 is 2.32 bits per heavy atom. The molecule has 2 aliphatic heterocycles. The van der Waals surface area contributed by atoms with E-state index in [0.717, 1.165) is 19.3 Å². The van der Waals surface area contributed by atoms with Gasteiger partial charge < -0.3 is 24.8 Å². The maximum atomic E-state index is 12.9. The molecule has 2 N–H and O–H groups in total. The quantitative estimate of drug-likeness (QED) is 0.837. The first-order valence-electron chi connectivity index (χ1n) is 8.53. The summed E-state index contributed by atoms with van der Waals surface area (Å²) < 4.78 is 10.5. The highest BCUT2D eigenvalue weighted by molar-refractivity contribution is 5.99. The number of hydrogen-bond donors (Lipinski definition) is 2. The van der Waals surface area contributed by atoms with Crippen molar-refractivity contribution in [3.05, 3.63) is 23.8 Å². The van der Waals surface area contributed by atoms with Crippen LogP contribution >= 0.6 is 0 Å². The van der Waals surface area contributed by atoms with Gasteiger partial charge in [-0.05, 0) is 37.5 Å². The molecule has 2 aliphatic rings. The lowest BCUT2D eigenvalue weighted by atomic mass is 9.78. The molecule has 0 saturated carbocycles. The summed E-state index contributed by atoms with van der Waals surface area (Å²) in [6.45, 7) is 1.75. The average Bonchev–Trinajstić information content (AvgIpc) is 2.65. The van der Waals surface area contributed by atoms with Gasteiger partial charge in [0, 0.05) is 37.8 Å². The van der Waals surface area contributed by atoms with Crippen LogP contribution in [0.3, 0.4) is 0 Å². The normalized spacial score (nSPS) is 22.8. The number of fused-ring (bicyclic) bond motifs is 1. The summed E-state index contributed by atoms with van der Waals surface area (Å²) in [5, 5.41) is 12.6. The van der Waals surface area contributed by atoms with Crippen LogP contribution < -0.4 is 10.1 Å². The van der Waals surface area contributed by atoms with E-state index in [4.69, 9.17) is 9.47 Å². The minimum absolute atomic E-state index is 0.0411. The molecule has 25 heavy (non-hydrogen) atoms. The maximum Gasteiger partial charge on any atom is 0.262 e. The highest BCUT2D eigenvalue weighted by Gasteiger charge is 2.36. The van der Waals surface area contributed by atoms with Gasteiger partial charge in [-0.2, -0.15) is 0 Å². The fourth-order valence-corrected chi connectivity index (χ4v) is 3.50.